The third kappa shape index (κ3) is 5.53. The van der Waals surface area contributed by atoms with Gasteiger partial charge in [0.05, 0.1) is 25.8 Å². The number of benzene rings is 3. The molecule has 0 spiro atoms. The molecule has 0 saturated carbocycles. The Hall–Kier alpha value is -4.06. The molecular weight excluding hydrogens is 466 g/mol. The number of ether oxygens (including phenoxy) is 2. The van der Waals surface area contributed by atoms with E-state index in [9.17, 15) is 14.4 Å². The van der Waals surface area contributed by atoms with Crippen molar-refractivity contribution in [1.29, 1.82) is 0 Å². The number of rotatable bonds is 9. The second kappa shape index (κ2) is 11.8. The predicted molar refractivity (Wildman–Crippen MR) is 142 cm³/mol. The number of carbonyl (C=O) groups is 3. The van der Waals surface area contributed by atoms with Gasteiger partial charge in [0, 0.05) is 28.9 Å². The molecule has 6 heteroatoms. The number of carbonyl (C=O) groups excluding carboxylic acids is 3. The number of aliphatic imine (C=N–C) groups is 1. The minimum absolute atomic E-state index is 0.0394. The van der Waals surface area contributed by atoms with E-state index in [2.05, 4.69) is 0 Å². The topological polar surface area (TPSA) is 82.0 Å². The van der Waals surface area contributed by atoms with Crippen molar-refractivity contribution in [3.8, 4) is 0 Å². The summed E-state index contributed by atoms with van der Waals surface area (Å²) in [5, 5.41) is 0. The minimum atomic E-state index is -0.993. The Balaban J connectivity index is 1.93. The fourth-order valence-electron chi connectivity index (χ4n) is 5.35. The van der Waals surface area contributed by atoms with Crippen molar-refractivity contribution in [3.05, 3.63) is 107 Å². The zero-order chi connectivity index (χ0) is 26.4. The molecule has 0 aliphatic heterocycles. The van der Waals surface area contributed by atoms with Crippen molar-refractivity contribution in [1.82, 2.24) is 0 Å². The summed E-state index contributed by atoms with van der Waals surface area (Å²) in [5.74, 6) is -2.67. The number of hydrogen-bond acceptors (Lipinski definition) is 6. The molecule has 3 aromatic rings. The summed E-state index contributed by atoms with van der Waals surface area (Å²) < 4.78 is 10.5. The Labute approximate surface area is 217 Å². The smallest absolute Gasteiger partial charge is 0.331 e. The van der Waals surface area contributed by atoms with Gasteiger partial charge in [-0.05, 0) is 25.0 Å². The second-order valence-corrected chi connectivity index (χ2v) is 9.08. The molecule has 4 rings (SSSR count). The van der Waals surface area contributed by atoms with Crippen LogP contribution in [0.15, 0.2) is 89.9 Å². The summed E-state index contributed by atoms with van der Waals surface area (Å²) in [7, 11) is 1.33. The average Bonchev–Trinajstić information content (AvgIpc) is 3.24. The van der Waals surface area contributed by atoms with E-state index < -0.39 is 35.7 Å². The molecular formula is C31H31NO5. The summed E-state index contributed by atoms with van der Waals surface area (Å²) >= 11 is 0. The van der Waals surface area contributed by atoms with Crippen LogP contribution in [0.1, 0.15) is 54.4 Å². The lowest BCUT2D eigenvalue weighted by Gasteiger charge is -2.27. The molecule has 0 amide bonds. The third-order valence-electron chi connectivity index (χ3n) is 6.89. The van der Waals surface area contributed by atoms with Crippen molar-refractivity contribution in [2.24, 2.45) is 10.9 Å². The molecule has 37 heavy (non-hydrogen) atoms. The number of methoxy groups -OCH3 is 1. The van der Waals surface area contributed by atoms with E-state index in [-0.39, 0.29) is 18.8 Å². The lowest BCUT2D eigenvalue weighted by molar-refractivity contribution is -0.145. The average molecular weight is 498 g/mol. The van der Waals surface area contributed by atoms with E-state index in [0.717, 1.165) is 22.3 Å². The monoisotopic (exact) mass is 497 g/mol. The largest absolute Gasteiger partial charge is 0.469 e. The fraction of sp³-hybridized carbons (Fsp3) is 0.290. The van der Waals surface area contributed by atoms with E-state index in [1.807, 2.05) is 84.9 Å². The number of ketones is 1. The van der Waals surface area contributed by atoms with Crippen LogP contribution in [0.3, 0.4) is 0 Å². The lowest BCUT2D eigenvalue weighted by Crippen LogP contribution is -2.36. The van der Waals surface area contributed by atoms with Crippen LogP contribution >= 0.6 is 0 Å². The fourth-order valence-corrected chi connectivity index (χ4v) is 5.35. The Bertz CT molecular complexity index is 1240. The van der Waals surface area contributed by atoms with Crippen molar-refractivity contribution in [3.63, 3.8) is 0 Å². The van der Waals surface area contributed by atoms with Gasteiger partial charge in [-0.3, -0.25) is 14.6 Å². The van der Waals surface area contributed by atoms with E-state index in [1.54, 1.807) is 6.92 Å². The van der Waals surface area contributed by atoms with Gasteiger partial charge in [0.15, 0.2) is 6.04 Å². The Morgan fingerprint density at radius 3 is 1.89 bits per heavy atom. The zero-order valence-corrected chi connectivity index (χ0v) is 21.3. The second-order valence-electron chi connectivity index (χ2n) is 9.08. The van der Waals surface area contributed by atoms with Crippen molar-refractivity contribution in [2.75, 3.05) is 13.7 Å². The first-order chi connectivity index (χ1) is 18.0. The molecule has 0 unspecified atom stereocenters. The van der Waals surface area contributed by atoms with E-state index in [1.165, 1.54) is 14.0 Å². The SMILES string of the molecule is CCOC(=O)[C@@H](N=C(c1ccccc1)c1ccccc1)[C@H]1c2ccccc2[C@@H](CC(=O)OC)[C@@H]1C(C)=O. The van der Waals surface area contributed by atoms with Crippen molar-refractivity contribution in [2.45, 2.75) is 38.1 Å². The molecule has 1 aliphatic carbocycles. The molecule has 0 heterocycles. The summed E-state index contributed by atoms with van der Waals surface area (Å²) in [6, 6.07) is 25.9. The molecule has 0 N–H and O–H groups in total. The van der Waals surface area contributed by atoms with Gasteiger partial charge in [0.1, 0.15) is 5.78 Å². The maximum absolute atomic E-state index is 13.6. The van der Waals surface area contributed by atoms with Gasteiger partial charge < -0.3 is 9.47 Å². The highest BCUT2D eigenvalue weighted by molar-refractivity contribution is 6.13. The molecule has 0 fully saturated rings. The van der Waals surface area contributed by atoms with Gasteiger partial charge in [-0.1, -0.05) is 84.9 Å². The summed E-state index contributed by atoms with van der Waals surface area (Å²) in [6.45, 7) is 3.44. The molecule has 190 valence electrons. The third-order valence-corrected chi connectivity index (χ3v) is 6.89. The van der Waals surface area contributed by atoms with Gasteiger partial charge in [-0.15, -0.1) is 0 Å². The number of esters is 2. The zero-order valence-electron chi connectivity index (χ0n) is 21.3. The van der Waals surface area contributed by atoms with Crippen LogP contribution in [0.4, 0.5) is 0 Å². The number of nitrogens with zero attached hydrogens (tertiary/aromatic N) is 1. The Morgan fingerprint density at radius 1 is 0.838 bits per heavy atom. The van der Waals surface area contributed by atoms with Gasteiger partial charge in [0.2, 0.25) is 0 Å². The van der Waals surface area contributed by atoms with Crippen LogP contribution in [0.2, 0.25) is 0 Å². The normalized spacial score (nSPS) is 18.8. The predicted octanol–water partition coefficient (Wildman–Crippen LogP) is 5.11. The van der Waals surface area contributed by atoms with Gasteiger partial charge in [-0.25, -0.2) is 4.79 Å². The molecule has 1 aliphatic rings. The summed E-state index contributed by atoms with van der Waals surface area (Å²) in [6.07, 6.45) is 0.0394. The van der Waals surface area contributed by atoms with Gasteiger partial charge in [0.25, 0.3) is 0 Å². The highest BCUT2D eigenvalue weighted by atomic mass is 16.5. The number of hydrogen-bond donors (Lipinski definition) is 0. The van der Waals surface area contributed by atoms with Crippen LogP contribution in [-0.4, -0.2) is 43.2 Å². The molecule has 4 atom stereocenters. The molecule has 6 nitrogen and oxygen atoms in total. The van der Waals surface area contributed by atoms with Gasteiger partial charge in [-0.2, -0.15) is 0 Å². The van der Waals surface area contributed by atoms with E-state index in [0.29, 0.717) is 5.71 Å². The molecule has 0 radical (unpaired) electrons. The number of fused-ring (bicyclic) bond motifs is 1. The van der Waals surface area contributed by atoms with Crippen LogP contribution in [0.25, 0.3) is 0 Å². The molecule has 0 saturated heterocycles. The molecule has 0 aromatic heterocycles. The standard InChI is InChI=1S/C31H31NO5/c1-4-37-31(35)30(32-29(21-13-7-5-8-14-21)22-15-9-6-10-16-22)28-24-18-12-11-17-23(24)25(19-26(34)36-3)27(28)20(2)33/h5-18,25,27-28,30H,4,19H2,1-3H3/t25-,27+,28+,30+/m1/s1. The van der Waals surface area contributed by atoms with Crippen molar-refractivity contribution < 1.29 is 23.9 Å². The first-order valence-corrected chi connectivity index (χ1v) is 12.5. The highest BCUT2D eigenvalue weighted by Gasteiger charge is 2.49. The van der Waals surface area contributed by atoms with Crippen LogP contribution in [0, 0.1) is 5.92 Å². The lowest BCUT2D eigenvalue weighted by atomic mass is 9.78. The Kier molecular flexibility index (Phi) is 8.29. The Morgan fingerprint density at radius 2 is 1.38 bits per heavy atom. The van der Waals surface area contributed by atoms with E-state index in [4.69, 9.17) is 14.5 Å². The minimum Gasteiger partial charge on any atom is -0.469 e. The highest BCUT2D eigenvalue weighted by Crippen LogP contribution is 2.51. The van der Waals surface area contributed by atoms with Gasteiger partial charge >= 0.3 is 11.9 Å². The van der Waals surface area contributed by atoms with E-state index >= 15 is 0 Å². The molecule has 0 bridgehead atoms. The first kappa shape index (κ1) is 26.0. The maximum atomic E-state index is 13.6. The molecule has 3 aromatic carbocycles. The van der Waals surface area contributed by atoms with Crippen LogP contribution in [-0.2, 0) is 23.9 Å². The number of Topliss-reactive ketones (excluding diaryl/α,β-unsaturated/α-hetero) is 1. The maximum Gasteiger partial charge on any atom is 0.331 e. The first-order valence-electron chi connectivity index (χ1n) is 12.5. The van der Waals surface area contributed by atoms with Crippen LogP contribution < -0.4 is 0 Å². The van der Waals surface area contributed by atoms with Crippen LogP contribution in [0.5, 0.6) is 0 Å². The summed E-state index contributed by atoms with van der Waals surface area (Å²) in [4.78, 5) is 44.1. The summed E-state index contributed by atoms with van der Waals surface area (Å²) in [5.41, 5.74) is 4.03. The quantitative estimate of drug-likeness (QED) is 0.303. The van der Waals surface area contributed by atoms with Crippen molar-refractivity contribution >= 4 is 23.4 Å².